The molecule has 4 rings (SSSR count). The molecule has 2 saturated heterocycles. The number of ether oxygens (including phenoxy) is 1. The molecule has 0 aromatic carbocycles. The molecular weight excluding hydrogens is 312 g/mol. The van der Waals surface area contributed by atoms with Gasteiger partial charge in [-0.15, -0.1) is 0 Å². The Hall–Kier alpha value is -0.870. The molecule has 1 saturated carbocycles. The largest absolute Gasteiger partial charge is 0.380 e. The van der Waals surface area contributed by atoms with Crippen LogP contribution in [0.25, 0.3) is 0 Å². The average molecular weight is 347 g/mol. The topological polar surface area (TPSA) is 32.8 Å². The molecular formula is C21H34N2O2. The minimum Gasteiger partial charge on any atom is -0.380 e. The molecule has 2 aliphatic carbocycles. The van der Waals surface area contributed by atoms with E-state index in [1.807, 2.05) is 0 Å². The Morgan fingerprint density at radius 2 is 2.04 bits per heavy atom. The zero-order valence-electron chi connectivity index (χ0n) is 15.8. The maximum absolute atomic E-state index is 12.7. The lowest BCUT2D eigenvalue weighted by Crippen LogP contribution is -2.56. The molecule has 0 aromatic heterocycles. The monoisotopic (exact) mass is 346 g/mol. The van der Waals surface area contributed by atoms with Gasteiger partial charge >= 0.3 is 0 Å². The van der Waals surface area contributed by atoms with E-state index in [2.05, 4.69) is 22.8 Å². The van der Waals surface area contributed by atoms with E-state index in [0.29, 0.717) is 17.5 Å². The summed E-state index contributed by atoms with van der Waals surface area (Å²) in [5.41, 5.74) is 1.41. The van der Waals surface area contributed by atoms with Gasteiger partial charge in [-0.1, -0.05) is 6.08 Å². The molecule has 4 aliphatic rings. The summed E-state index contributed by atoms with van der Waals surface area (Å²) in [7, 11) is 0. The summed E-state index contributed by atoms with van der Waals surface area (Å²) in [5, 5.41) is 0. The summed E-state index contributed by atoms with van der Waals surface area (Å²) < 4.78 is 5.80. The summed E-state index contributed by atoms with van der Waals surface area (Å²) >= 11 is 0. The first-order valence-electron chi connectivity index (χ1n) is 10.5. The zero-order chi connectivity index (χ0) is 17.3. The second kappa shape index (κ2) is 7.40. The summed E-state index contributed by atoms with van der Waals surface area (Å²) in [6.07, 6.45) is 13.1. The van der Waals surface area contributed by atoms with E-state index in [9.17, 15) is 4.79 Å². The highest BCUT2D eigenvalue weighted by Crippen LogP contribution is 2.45. The molecule has 0 bridgehead atoms. The van der Waals surface area contributed by atoms with Gasteiger partial charge in [-0.3, -0.25) is 9.69 Å². The van der Waals surface area contributed by atoms with Gasteiger partial charge in [-0.25, -0.2) is 0 Å². The lowest BCUT2D eigenvalue weighted by atomic mass is 9.84. The van der Waals surface area contributed by atoms with E-state index in [0.717, 1.165) is 69.9 Å². The van der Waals surface area contributed by atoms with Crippen LogP contribution in [0.2, 0.25) is 0 Å². The molecule has 140 valence electrons. The fourth-order valence-electron chi connectivity index (χ4n) is 5.20. The van der Waals surface area contributed by atoms with Crippen molar-refractivity contribution < 1.29 is 9.53 Å². The van der Waals surface area contributed by atoms with Gasteiger partial charge in [0.25, 0.3) is 0 Å². The highest BCUT2D eigenvalue weighted by molar-refractivity contribution is 5.93. The summed E-state index contributed by atoms with van der Waals surface area (Å²) in [5.74, 6) is 1.24. The van der Waals surface area contributed by atoms with E-state index < -0.39 is 0 Å². The molecule has 4 nitrogen and oxygen atoms in total. The van der Waals surface area contributed by atoms with Gasteiger partial charge in [0.15, 0.2) is 0 Å². The van der Waals surface area contributed by atoms with Gasteiger partial charge in [0.05, 0.1) is 6.61 Å². The maximum atomic E-state index is 12.7. The van der Waals surface area contributed by atoms with Crippen molar-refractivity contribution in [2.24, 2.45) is 5.92 Å². The van der Waals surface area contributed by atoms with Crippen molar-refractivity contribution in [3.8, 4) is 0 Å². The summed E-state index contributed by atoms with van der Waals surface area (Å²) in [6.45, 7) is 6.95. The van der Waals surface area contributed by atoms with Gasteiger partial charge in [-0.05, 0) is 70.6 Å². The SMILES string of the molecule is CCOC[C@H]1CCC2(CCN(C(=O)C3=CCCC3)CC2)N1CC1CC1. The Balaban J connectivity index is 1.40. The van der Waals surface area contributed by atoms with Crippen molar-refractivity contribution in [3.63, 3.8) is 0 Å². The second-order valence-electron chi connectivity index (χ2n) is 8.59. The van der Waals surface area contributed by atoms with E-state index in [1.165, 1.54) is 32.2 Å². The number of carbonyl (C=O) groups is 1. The molecule has 3 fully saturated rings. The molecule has 1 spiro atoms. The number of piperidine rings is 1. The first-order chi connectivity index (χ1) is 12.2. The van der Waals surface area contributed by atoms with Crippen LogP contribution < -0.4 is 0 Å². The Morgan fingerprint density at radius 3 is 2.68 bits per heavy atom. The van der Waals surface area contributed by atoms with Crippen molar-refractivity contribution in [2.45, 2.75) is 76.3 Å². The Labute approximate surface area is 152 Å². The lowest BCUT2D eigenvalue weighted by Gasteiger charge is -2.47. The van der Waals surface area contributed by atoms with Crippen LogP contribution in [0.15, 0.2) is 11.6 Å². The molecule has 2 aliphatic heterocycles. The highest BCUT2D eigenvalue weighted by atomic mass is 16.5. The molecule has 0 aromatic rings. The molecule has 1 atom stereocenters. The van der Waals surface area contributed by atoms with Crippen LogP contribution in [0.5, 0.6) is 0 Å². The van der Waals surface area contributed by atoms with Gasteiger partial charge in [0.2, 0.25) is 5.91 Å². The Morgan fingerprint density at radius 1 is 1.24 bits per heavy atom. The van der Waals surface area contributed by atoms with Crippen LogP contribution in [-0.2, 0) is 9.53 Å². The number of hydrogen-bond acceptors (Lipinski definition) is 3. The summed E-state index contributed by atoms with van der Waals surface area (Å²) in [4.78, 5) is 17.7. The van der Waals surface area contributed by atoms with Gasteiger partial charge in [0, 0.05) is 43.4 Å². The number of carbonyl (C=O) groups excluding carboxylic acids is 1. The third-order valence-corrected chi connectivity index (χ3v) is 6.96. The quantitative estimate of drug-likeness (QED) is 0.739. The molecule has 0 N–H and O–H groups in total. The standard InChI is InChI=1S/C21H34N2O2/c1-2-25-16-19-9-10-21(23(19)15-17-7-8-17)11-13-22(14-12-21)20(24)18-5-3-4-6-18/h5,17,19H,2-4,6-16H2,1H3/t19-/m1/s1. The minimum absolute atomic E-state index is 0.324. The lowest BCUT2D eigenvalue weighted by molar-refractivity contribution is -0.130. The van der Waals surface area contributed by atoms with Crippen molar-refractivity contribution in [2.75, 3.05) is 32.8 Å². The fourth-order valence-corrected chi connectivity index (χ4v) is 5.20. The molecule has 25 heavy (non-hydrogen) atoms. The smallest absolute Gasteiger partial charge is 0.249 e. The fraction of sp³-hybridized carbons (Fsp3) is 0.857. The van der Waals surface area contributed by atoms with Crippen LogP contribution in [0.1, 0.15) is 64.7 Å². The number of amides is 1. The Kier molecular flexibility index (Phi) is 5.19. The summed E-state index contributed by atoms with van der Waals surface area (Å²) in [6, 6.07) is 0.598. The molecule has 1 amide bonds. The number of nitrogens with zero attached hydrogens (tertiary/aromatic N) is 2. The van der Waals surface area contributed by atoms with Crippen LogP contribution >= 0.6 is 0 Å². The van der Waals surface area contributed by atoms with Crippen molar-refractivity contribution in [3.05, 3.63) is 11.6 Å². The molecule has 0 unspecified atom stereocenters. The van der Waals surface area contributed by atoms with Crippen molar-refractivity contribution >= 4 is 5.91 Å². The average Bonchev–Trinajstić information content (AvgIpc) is 3.17. The van der Waals surface area contributed by atoms with Gasteiger partial charge in [-0.2, -0.15) is 0 Å². The van der Waals surface area contributed by atoms with Gasteiger partial charge in [0.1, 0.15) is 0 Å². The predicted molar refractivity (Wildman–Crippen MR) is 99.4 cm³/mol. The number of allylic oxidation sites excluding steroid dienone is 1. The maximum Gasteiger partial charge on any atom is 0.249 e. The van der Waals surface area contributed by atoms with Gasteiger partial charge < -0.3 is 9.64 Å². The molecule has 4 heteroatoms. The van der Waals surface area contributed by atoms with Crippen LogP contribution in [0, 0.1) is 5.92 Å². The number of rotatable bonds is 6. The normalized spacial score (nSPS) is 29.4. The van der Waals surface area contributed by atoms with Crippen LogP contribution in [0.3, 0.4) is 0 Å². The predicted octanol–water partition coefficient (Wildman–Crippen LogP) is 3.37. The third-order valence-electron chi connectivity index (χ3n) is 6.96. The van der Waals surface area contributed by atoms with Crippen LogP contribution in [0.4, 0.5) is 0 Å². The minimum atomic E-state index is 0.324. The van der Waals surface area contributed by atoms with E-state index in [4.69, 9.17) is 4.74 Å². The van der Waals surface area contributed by atoms with Crippen molar-refractivity contribution in [1.82, 2.24) is 9.80 Å². The first-order valence-corrected chi connectivity index (χ1v) is 10.5. The molecule has 2 heterocycles. The zero-order valence-corrected chi connectivity index (χ0v) is 15.8. The van der Waals surface area contributed by atoms with E-state index in [1.54, 1.807) is 0 Å². The number of likely N-dealkylation sites (tertiary alicyclic amines) is 2. The van der Waals surface area contributed by atoms with Crippen molar-refractivity contribution in [1.29, 1.82) is 0 Å². The third kappa shape index (κ3) is 3.66. The van der Waals surface area contributed by atoms with E-state index in [-0.39, 0.29) is 0 Å². The number of hydrogen-bond donors (Lipinski definition) is 0. The highest BCUT2D eigenvalue weighted by Gasteiger charge is 2.49. The van der Waals surface area contributed by atoms with Crippen LogP contribution in [-0.4, -0.2) is 60.1 Å². The Bertz CT molecular complexity index is 518. The molecule has 0 radical (unpaired) electrons. The second-order valence-corrected chi connectivity index (χ2v) is 8.59. The van der Waals surface area contributed by atoms with E-state index >= 15 is 0 Å². The first kappa shape index (κ1) is 17.5.